The fourth-order valence-corrected chi connectivity index (χ4v) is 1.47. The first-order chi connectivity index (χ1) is 7.70. The molecule has 0 radical (unpaired) electrons. The predicted molar refractivity (Wildman–Crippen MR) is 63.3 cm³/mol. The Kier molecular flexibility index (Phi) is 4.98. The van der Waals surface area contributed by atoms with Gasteiger partial charge in [0.25, 0.3) is 5.91 Å². The molecule has 0 saturated heterocycles. The lowest BCUT2D eigenvalue weighted by Crippen LogP contribution is -2.24. The van der Waals surface area contributed by atoms with E-state index in [0.717, 1.165) is 25.1 Å². The highest BCUT2D eigenvalue weighted by atomic mass is 16.1. The van der Waals surface area contributed by atoms with Crippen molar-refractivity contribution in [2.24, 2.45) is 5.73 Å². The molecule has 90 valence electrons. The van der Waals surface area contributed by atoms with Crippen molar-refractivity contribution >= 4 is 5.91 Å². The van der Waals surface area contributed by atoms with Crippen LogP contribution in [0.3, 0.4) is 0 Å². The summed E-state index contributed by atoms with van der Waals surface area (Å²) in [6, 6.07) is 0. The fraction of sp³-hybridized carbons (Fsp3) is 0.636. The molecule has 0 aromatic carbocycles. The Bertz CT molecular complexity index is 346. The SMILES string of the molecule is CCCNC(=O)c1cnn(CCCN)c1C. The molecule has 16 heavy (non-hydrogen) atoms. The number of nitrogens with one attached hydrogen (secondary N) is 1. The predicted octanol–water partition coefficient (Wildman–Crippen LogP) is 0.680. The maximum atomic E-state index is 11.7. The number of hydrogen-bond donors (Lipinski definition) is 2. The standard InChI is InChI=1S/C11H20N4O/c1-3-6-13-11(16)10-8-14-15(9(10)2)7-4-5-12/h8H,3-7,12H2,1-2H3,(H,13,16). The van der Waals surface area contributed by atoms with Gasteiger partial charge in [-0.2, -0.15) is 5.10 Å². The zero-order valence-corrected chi connectivity index (χ0v) is 9.99. The largest absolute Gasteiger partial charge is 0.352 e. The van der Waals surface area contributed by atoms with Crippen molar-refractivity contribution in [3.05, 3.63) is 17.5 Å². The van der Waals surface area contributed by atoms with Crippen LogP contribution in [-0.2, 0) is 6.54 Å². The van der Waals surface area contributed by atoms with Crippen LogP contribution in [0.4, 0.5) is 0 Å². The number of rotatable bonds is 6. The van der Waals surface area contributed by atoms with Crippen LogP contribution in [0.2, 0.25) is 0 Å². The van der Waals surface area contributed by atoms with Crippen molar-refractivity contribution < 1.29 is 4.79 Å². The summed E-state index contributed by atoms with van der Waals surface area (Å²) in [4.78, 5) is 11.7. The third-order valence-corrected chi connectivity index (χ3v) is 2.46. The summed E-state index contributed by atoms with van der Waals surface area (Å²) in [6.07, 6.45) is 3.43. The minimum atomic E-state index is -0.0432. The van der Waals surface area contributed by atoms with E-state index in [-0.39, 0.29) is 5.91 Å². The Morgan fingerprint density at radius 2 is 2.38 bits per heavy atom. The van der Waals surface area contributed by atoms with Crippen LogP contribution < -0.4 is 11.1 Å². The van der Waals surface area contributed by atoms with E-state index >= 15 is 0 Å². The molecule has 0 aliphatic carbocycles. The quantitative estimate of drug-likeness (QED) is 0.746. The number of carbonyl (C=O) groups excluding carboxylic acids is 1. The number of aromatic nitrogens is 2. The first kappa shape index (κ1) is 12.7. The number of amides is 1. The zero-order chi connectivity index (χ0) is 12.0. The van der Waals surface area contributed by atoms with Crippen LogP contribution in [0.15, 0.2) is 6.20 Å². The molecule has 1 amide bonds. The molecule has 1 heterocycles. The minimum absolute atomic E-state index is 0.0432. The van der Waals surface area contributed by atoms with Crippen molar-refractivity contribution in [1.82, 2.24) is 15.1 Å². The van der Waals surface area contributed by atoms with Gasteiger partial charge in [-0.1, -0.05) is 6.92 Å². The molecule has 1 aromatic rings. The molecule has 0 aliphatic rings. The van der Waals surface area contributed by atoms with Crippen molar-refractivity contribution in [3.63, 3.8) is 0 Å². The molecular weight excluding hydrogens is 204 g/mol. The molecule has 3 N–H and O–H groups in total. The van der Waals surface area contributed by atoms with Gasteiger partial charge in [0, 0.05) is 18.8 Å². The Labute approximate surface area is 96.0 Å². The molecular formula is C11H20N4O. The molecule has 0 unspecified atom stereocenters. The van der Waals surface area contributed by atoms with Crippen molar-refractivity contribution in [3.8, 4) is 0 Å². The average Bonchev–Trinajstić information content (AvgIpc) is 2.65. The third-order valence-electron chi connectivity index (χ3n) is 2.46. The Hall–Kier alpha value is -1.36. The number of nitrogens with zero attached hydrogens (tertiary/aromatic N) is 2. The van der Waals surface area contributed by atoms with Gasteiger partial charge in [0.05, 0.1) is 11.8 Å². The van der Waals surface area contributed by atoms with Gasteiger partial charge >= 0.3 is 0 Å². The van der Waals surface area contributed by atoms with Gasteiger partial charge < -0.3 is 11.1 Å². The van der Waals surface area contributed by atoms with E-state index in [1.807, 2.05) is 18.5 Å². The van der Waals surface area contributed by atoms with E-state index in [1.54, 1.807) is 6.20 Å². The summed E-state index contributed by atoms with van der Waals surface area (Å²) in [5.41, 5.74) is 7.00. The second kappa shape index (κ2) is 6.27. The van der Waals surface area contributed by atoms with Crippen molar-refractivity contribution in [2.75, 3.05) is 13.1 Å². The molecule has 5 heteroatoms. The van der Waals surface area contributed by atoms with Gasteiger partial charge in [-0.3, -0.25) is 9.48 Å². The summed E-state index contributed by atoms with van der Waals surface area (Å²) in [7, 11) is 0. The topological polar surface area (TPSA) is 72.9 Å². The van der Waals surface area contributed by atoms with Crippen LogP contribution in [0, 0.1) is 6.92 Å². The number of carbonyl (C=O) groups is 1. The van der Waals surface area contributed by atoms with E-state index < -0.39 is 0 Å². The lowest BCUT2D eigenvalue weighted by Gasteiger charge is -2.05. The molecule has 1 aromatic heterocycles. The molecule has 5 nitrogen and oxygen atoms in total. The van der Waals surface area contributed by atoms with E-state index in [1.165, 1.54) is 0 Å². The van der Waals surface area contributed by atoms with Gasteiger partial charge in [0.1, 0.15) is 0 Å². The van der Waals surface area contributed by atoms with E-state index in [4.69, 9.17) is 5.73 Å². The second-order valence-corrected chi connectivity index (χ2v) is 3.76. The summed E-state index contributed by atoms with van der Waals surface area (Å²) in [5.74, 6) is -0.0432. The maximum absolute atomic E-state index is 11.7. The van der Waals surface area contributed by atoms with Gasteiger partial charge in [0.2, 0.25) is 0 Å². The smallest absolute Gasteiger partial charge is 0.254 e. The molecule has 0 saturated carbocycles. The monoisotopic (exact) mass is 224 g/mol. The number of hydrogen-bond acceptors (Lipinski definition) is 3. The number of aryl methyl sites for hydroxylation is 1. The highest BCUT2D eigenvalue weighted by Crippen LogP contribution is 2.07. The average molecular weight is 224 g/mol. The highest BCUT2D eigenvalue weighted by Gasteiger charge is 2.12. The zero-order valence-electron chi connectivity index (χ0n) is 9.99. The molecule has 1 rings (SSSR count). The van der Waals surface area contributed by atoms with Crippen LogP contribution in [0.5, 0.6) is 0 Å². The third kappa shape index (κ3) is 3.06. The molecule has 0 aliphatic heterocycles. The van der Waals surface area contributed by atoms with Gasteiger partial charge in [-0.05, 0) is 26.3 Å². The summed E-state index contributed by atoms with van der Waals surface area (Å²) in [6.45, 7) is 6.04. The van der Waals surface area contributed by atoms with Crippen LogP contribution in [0.25, 0.3) is 0 Å². The molecule has 0 atom stereocenters. The van der Waals surface area contributed by atoms with Crippen LogP contribution in [0.1, 0.15) is 35.8 Å². The van der Waals surface area contributed by atoms with Crippen LogP contribution >= 0.6 is 0 Å². The summed E-state index contributed by atoms with van der Waals surface area (Å²) < 4.78 is 1.83. The van der Waals surface area contributed by atoms with E-state index in [2.05, 4.69) is 10.4 Å². The van der Waals surface area contributed by atoms with E-state index in [9.17, 15) is 4.79 Å². The second-order valence-electron chi connectivity index (χ2n) is 3.76. The molecule has 0 fully saturated rings. The fourth-order valence-electron chi connectivity index (χ4n) is 1.47. The highest BCUT2D eigenvalue weighted by molar-refractivity contribution is 5.94. The lowest BCUT2D eigenvalue weighted by molar-refractivity contribution is 0.0953. The maximum Gasteiger partial charge on any atom is 0.254 e. The number of nitrogens with two attached hydrogens (primary N) is 1. The molecule has 0 spiro atoms. The normalized spacial score (nSPS) is 10.4. The lowest BCUT2D eigenvalue weighted by atomic mass is 10.2. The Morgan fingerprint density at radius 3 is 3.00 bits per heavy atom. The van der Waals surface area contributed by atoms with Gasteiger partial charge in [0.15, 0.2) is 0 Å². The minimum Gasteiger partial charge on any atom is -0.352 e. The summed E-state index contributed by atoms with van der Waals surface area (Å²) in [5, 5.41) is 7.02. The van der Waals surface area contributed by atoms with Gasteiger partial charge in [-0.15, -0.1) is 0 Å². The molecule has 0 bridgehead atoms. The summed E-state index contributed by atoms with van der Waals surface area (Å²) >= 11 is 0. The Morgan fingerprint density at radius 1 is 1.62 bits per heavy atom. The van der Waals surface area contributed by atoms with Crippen LogP contribution in [-0.4, -0.2) is 28.8 Å². The Balaban J connectivity index is 2.67. The van der Waals surface area contributed by atoms with Crippen molar-refractivity contribution in [1.29, 1.82) is 0 Å². The van der Waals surface area contributed by atoms with Gasteiger partial charge in [-0.25, -0.2) is 0 Å². The van der Waals surface area contributed by atoms with Crippen molar-refractivity contribution in [2.45, 2.75) is 33.2 Å². The first-order valence-corrected chi connectivity index (χ1v) is 5.71. The first-order valence-electron chi connectivity index (χ1n) is 5.71. The van der Waals surface area contributed by atoms with E-state index in [0.29, 0.717) is 18.7 Å².